The van der Waals surface area contributed by atoms with Gasteiger partial charge in [0.15, 0.2) is 5.58 Å². The van der Waals surface area contributed by atoms with Gasteiger partial charge in [0, 0.05) is 16.7 Å². The van der Waals surface area contributed by atoms with Crippen LogP contribution in [-0.2, 0) is 0 Å². The van der Waals surface area contributed by atoms with E-state index < -0.39 is 0 Å². The summed E-state index contributed by atoms with van der Waals surface area (Å²) in [4.78, 5) is 6.68. The standard InChI is InChI=1S/C12H13BrN2O/c1-15-4-2-3-10(15)12-6-9-11(16-12)5-8(13)7-14-9/h5-7,10H,2-4H2,1H3/t10-/m0/s1. The molecule has 3 heterocycles. The lowest BCUT2D eigenvalue weighted by molar-refractivity contribution is 0.281. The predicted molar refractivity (Wildman–Crippen MR) is 66.3 cm³/mol. The zero-order valence-electron chi connectivity index (χ0n) is 9.11. The van der Waals surface area contributed by atoms with Crippen LogP contribution >= 0.6 is 15.9 Å². The number of likely N-dealkylation sites (tertiary alicyclic amines) is 1. The molecule has 0 aromatic carbocycles. The van der Waals surface area contributed by atoms with E-state index in [1.165, 1.54) is 12.8 Å². The average Bonchev–Trinajstić information content (AvgIpc) is 2.82. The molecule has 1 atom stereocenters. The van der Waals surface area contributed by atoms with E-state index in [0.717, 1.165) is 27.9 Å². The van der Waals surface area contributed by atoms with Crippen molar-refractivity contribution in [3.05, 3.63) is 28.6 Å². The molecule has 0 N–H and O–H groups in total. The van der Waals surface area contributed by atoms with Crippen LogP contribution in [0.15, 0.2) is 27.2 Å². The molecule has 0 spiro atoms. The second kappa shape index (κ2) is 3.86. The maximum atomic E-state index is 5.87. The minimum absolute atomic E-state index is 0.424. The molecule has 1 aliphatic heterocycles. The number of fused-ring (bicyclic) bond motifs is 1. The van der Waals surface area contributed by atoms with Crippen molar-refractivity contribution in [2.75, 3.05) is 13.6 Å². The van der Waals surface area contributed by atoms with Crippen LogP contribution in [0.1, 0.15) is 24.6 Å². The molecule has 84 valence electrons. The number of furan rings is 1. The fraction of sp³-hybridized carbons (Fsp3) is 0.417. The SMILES string of the molecule is CN1CCC[C@H]1c1cc2ncc(Br)cc2o1. The van der Waals surface area contributed by atoms with Gasteiger partial charge in [-0.2, -0.15) is 0 Å². The highest BCUT2D eigenvalue weighted by Gasteiger charge is 2.25. The zero-order valence-corrected chi connectivity index (χ0v) is 10.7. The van der Waals surface area contributed by atoms with Gasteiger partial charge < -0.3 is 4.42 Å². The Morgan fingerprint density at radius 1 is 1.50 bits per heavy atom. The van der Waals surface area contributed by atoms with Crippen LogP contribution in [-0.4, -0.2) is 23.5 Å². The fourth-order valence-corrected chi connectivity index (χ4v) is 2.66. The lowest BCUT2D eigenvalue weighted by Crippen LogP contribution is -2.16. The summed E-state index contributed by atoms with van der Waals surface area (Å²) in [6, 6.07) is 4.46. The van der Waals surface area contributed by atoms with Crippen LogP contribution in [0.2, 0.25) is 0 Å². The summed E-state index contributed by atoms with van der Waals surface area (Å²) in [6.07, 6.45) is 4.23. The summed E-state index contributed by atoms with van der Waals surface area (Å²) in [7, 11) is 2.15. The highest BCUT2D eigenvalue weighted by molar-refractivity contribution is 9.10. The van der Waals surface area contributed by atoms with E-state index in [-0.39, 0.29) is 0 Å². The second-order valence-corrected chi connectivity index (χ2v) is 5.24. The number of hydrogen-bond donors (Lipinski definition) is 0. The smallest absolute Gasteiger partial charge is 0.153 e. The number of aromatic nitrogens is 1. The average molecular weight is 281 g/mol. The van der Waals surface area contributed by atoms with Crippen LogP contribution in [0.4, 0.5) is 0 Å². The number of halogens is 1. The van der Waals surface area contributed by atoms with Gasteiger partial charge in [0.05, 0.1) is 6.04 Å². The van der Waals surface area contributed by atoms with E-state index in [1.807, 2.05) is 6.07 Å². The Morgan fingerprint density at radius 3 is 3.12 bits per heavy atom. The predicted octanol–water partition coefficient (Wildman–Crippen LogP) is 3.36. The largest absolute Gasteiger partial charge is 0.458 e. The Kier molecular flexibility index (Phi) is 2.48. The third kappa shape index (κ3) is 1.66. The Labute approximate surface area is 103 Å². The van der Waals surface area contributed by atoms with Crippen molar-refractivity contribution in [2.45, 2.75) is 18.9 Å². The number of rotatable bonds is 1. The van der Waals surface area contributed by atoms with Gasteiger partial charge in [-0.25, -0.2) is 0 Å². The fourth-order valence-electron chi connectivity index (χ4n) is 2.35. The molecular formula is C12H13BrN2O. The van der Waals surface area contributed by atoms with Crippen molar-refractivity contribution in [1.82, 2.24) is 9.88 Å². The normalized spacial score (nSPS) is 22.0. The molecule has 0 radical (unpaired) electrons. The highest BCUT2D eigenvalue weighted by Crippen LogP contribution is 2.33. The molecule has 2 aromatic rings. The van der Waals surface area contributed by atoms with Crippen LogP contribution in [0.5, 0.6) is 0 Å². The van der Waals surface area contributed by atoms with E-state index in [1.54, 1.807) is 6.20 Å². The molecule has 3 rings (SSSR count). The van der Waals surface area contributed by atoms with Crippen LogP contribution in [0.3, 0.4) is 0 Å². The number of hydrogen-bond acceptors (Lipinski definition) is 3. The molecule has 16 heavy (non-hydrogen) atoms. The molecule has 1 aliphatic rings. The van der Waals surface area contributed by atoms with Crippen molar-refractivity contribution >= 4 is 27.0 Å². The summed E-state index contributed by atoms with van der Waals surface area (Å²) in [5.41, 5.74) is 1.81. The maximum Gasteiger partial charge on any atom is 0.153 e. The quantitative estimate of drug-likeness (QED) is 0.802. The van der Waals surface area contributed by atoms with Gasteiger partial charge in [0.1, 0.15) is 11.3 Å². The van der Waals surface area contributed by atoms with Crippen LogP contribution in [0.25, 0.3) is 11.1 Å². The maximum absolute atomic E-state index is 5.87. The van der Waals surface area contributed by atoms with Gasteiger partial charge in [-0.15, -0.1) is 0 Å². The van der Waals surface area contributed by atoms with Gasteiger partial charge in [-0.3, -0.25) is 9.88 Å². The first kappa shape index (κ1) is 10.3. The van der Waals surface area contributed by atoms with E-state index in [2.05, 4.69) is 38.9 Å². The van der Waals surface area contributed by atoms with Crippen molar-refractivity contribution in [1.29, 1.82) is 0 Å². The summed E-state index contributed by atoms with van der Waals surface area (Å²) in [6.45, 7) is 1.15. The van der Waals surface area contributed by atoms with Gasteiger partial charge >= 0.3 is 0 Å². The lowest BCUT2D eigenvalue weighted by atomic mass is 10.2. The molecule has 1 saturated heterocycles. The summed E-state index contributed by atoms with van der Waals surface area (Å²) < 4.78 is 6.83. The third-order valence-electron chi connectivity index (χ3n) is 3.20. The minimum Gasteiger partial charge on any atom is -0.458 e. The third-order valence-corrected chi connectivity index (χ3v) is 3.64. The van der Waals surface area contributed by atoms with Gasteiger partial charge in [0.25, 0.3) is 0 Å². The first-order valence-corrected chi connectivity index (χ1v) is 6.28. The number of nitrogens with zero attached hydrogens (tertiary/aromatic N) is 2. The summed E-state index contributed by atoms with van der Waals surface area (Å²) >= 11 is 3.40. The molecule has 3 nitrogen and oxygen atoms in total. The van der Waals surface area contributed by atoms with Crippen LogP contribution < -0.4 is 0 Å². The molecule has 2 aromatic heterocycles. The van der Waals surface area contributed by atoms with Gasteiger partial charge in [0.2, 0.25) is 0 Å². The Bertz CT molecular complexity index is 523. The Hall–Kier alpha value is -0.870. The van der Waals surface area contributed by atoms with E-state index in [0.29, 0.717) is 6.04 Å². The second-order valence-electron chi connectivity index (χ2n) is 4.32. The Morgan fingerprint density at radius 2 is 2.38 bits per heavy atom. The topological polar surface area (TPSA) is 29.3 Å². The molecule has 0 amide bonds. The summed E-state index contributed by atoms with van der Waals surface area (Å²) in [5.74, 6) is 1.04. The van der Waals surface area contributed by atoms with E-state index in [4.69, 9.17) is 4.42 Å². The first-order valence-electron chi connectivity index (χ1n) is 5.49. The Balaban J connectivity index is 2.04. The van der Waals surface area contributed by atoms with Gasteiger partial charge in [-0.1, -0.05) is 0 Å². The van der Waals surface area contributed by atoms with Crippen molar-refractivity contribution < 1.29 is 4.42 Å². The molecule has 0 bridgehead atoms. The molecule has 0 unspecified atom stereocenters. The van der Waals surface area contributed by atoms with E-state index >= 15 is 0 Å². The highest BCUT2D eigenvalue weighted by atomic mass is 79.9. The molecule has 0 saturated carbocycles. The first-order chi connectivity index (χ1) is 7.74. The molecule has 1 fully saturated rings. The van der Waals surface area contributed by atoms with Crippen molar-refractivity contribution in [3.63, 3.8) is 0 Å². The lowest BCUT2D eigenvalue weighted by Gasteiger charge is -2.16. The van der Waals surface area contributed by atoms with Crippen LogP contribution in [0, 0.1) is 0 Å². The molecule has 0 aliphatic carbocycles. The van der Waals surface area contributed by atoms with E-state index in [9.17, 15) is 0 Å². The van der Waals surface area contributed by atoms with Crippen molar-refractivity contribution in [3.8, 4) is 0 Å². The molecular weight excluding hydrogens is 268 g/mol. The minimum atomic E-state index is 0.424. The number of pyridine rings is 1. The summed E-state index contributed by atoms with van der Waals surface area (Å²) in [5, 5.41) is 0. The monoisotopic (exact) mass is 280 g/mol. The van der Waals surface area contributed by atoms with Gasteiger partial charge in [-0.05, 0) is 48.4 Å². The zero-order chi connectivity index (χ0) is 11.1. The molecule has 4 heteroatoms. The van der Waals surface area contributed by atoms with Crippen molar-refractivity contribution in [2.24, 2.45) is 0 Å².